The Kier molecular flexibility index (Phi) is 7.47. The molecule has 0 spiro atoms. The Hall–Kier alpha value is -4.39. The van der Waals surface area contributed by atoms with Gasteiger partial charge in [0.1, 0.15) is 17.2 Å². The third-order valence-corrected chi connectivity index (χ3v) is 7.35. The SMILES string of the molecule is CCN(CC(C)(C)C)C(=O)c1cccc(-c2cc3c(C(=O)NC)c(-c4ccc(F)cc4)oc3c3ccn(CC)c23)c1. The maximum absolute atomic E-state index is 13.7. The van der Waals surface area contributed by atoms with E-state index in [4.69, 9.17) is 4.42 Å². The van der Waals surface area contributed by atoms with Crippen molar-refractivity contribution in [2.75, 3.05) is 20.1 Å². The van der Waals surface area contributed by atoms with Crippen molar-refractivity contribution in [2.45, 2.75) is 41.2 Å². The molecule has 2 heterocycles. The second kappa shape index (κ2) is 10.9. The lowest BCUT2D eigenvalue weighted by Crippen LogP contribution is -2.37. The van der Waals surface area contributed by atoms with Gasteiger partial charge in [-0.2, -0.15) is 0 Å². The van der Waals surface area contributed by atoms with Gasteiger partial charge in [0.2, 0.25) is 0 Å². The van der Waals surface area contributed by atoms with Gasteiger partial charge in [0, 0.05) is 60.3 Å². The van der Waals surface area contributed by atoms with E-state index in [1.165, 1.54) is 12.1 Å². The molecular formula is C34H36FN3O3. The van der Waals surface area contributed by atoms with Gasteiger partial charge in [-0.1, -0.05) is 32.9 Å². The van der Waals surface area contributed by atoms with E-state index < -0.39 is 0 Å². The van der Waals surface area contributed by atoms with Crippen molar-refractivity contribution in [1.82, 2.24) is 14.8 Å². The van der Waals surface area contributed by atoms with Crippen molar-refractivity contribution < 1.29 is 18.4 Å². The molecule has 0 atom stereocenters. The number of fused-ring (bicyclic) bond motifs is 3. The van der Waals surface area contributed by atoms with Gasteiger partial charge in [-0.3, -0.25) is 9.59 Å². The largest absolute Gasteiger partial charge is 0.454 e. The minimum absolute atomic E-state index is 0.0135. The van der Waals surface area contributed by atoms with E-state index in [2.05, 4.69) is 37.6 Å². The molecule has 6 nitrogen and oxygen atoms in total. The zero-order valence-corrected chi connectivity index (χ0v) is 24.5. The molecular weight excluding hydrogens is 517 g/mol. The lowest BCUT2D eigenvalue weighted by molar-refractivity contribution is 0.0706. The maximum atomic E-state index is 13.7. The van der Waals surface area contributed by atoms with E-state index in [1.54, 1.807) is 19.2 Å². The number of hydrogen-bond donors (Lipinski definition) is 1. The van der Waals surface area contributed by atoms with Crippen LogP contribution in [0.15, 0.2) is 71.3 Å². The molecule has 0 saturated carbocycles. The molecule has 5 aromatic rings. The number of benzene rings is 3. The molecule has 0 aliphatic rings. The first kappa shape index (κ1) is 28.1. The van der Waals surface area contributed by atoms with Crippen molar-refractivity contribution in [3.05, 3.63) is 83.8 Å². The topological polar surface area (TPSA) is 67.5 Å². The molecule has 41 heavy (non-hydrogen) atoms. The highest BCUT2D eigenvalue weighted by atomic mass is 19.1. The van der Waals surface area contributed by atoms with E-state index in [9.17, 15) is 14.0 Å². The van der Waals surface area contributed by atoms with Gasteiger partial charge in [0.25, 0.3) is 11.8 Å². The number of furan rings is 1. The lowest BCUT2D eigenvalue weighted by atomic mass is 9.94. The van der Waals surface area contributed by atoms with Crippen LogP contribution in [0.3, 0.4) is 0 Å². The first-order valence-electron chi connectivity index (χ1n) is 14.0. The summed E-state index contributed by atoms with van der Waals surface area (Å²) >= 11 is 0. The minimum Gasteiger partial charge on any atom is -0.454 e. The third kappa shape index (κ3) is 5.24. The monoisotopic (exact) mass is 553 g/mol. The molecule has 0 aliphatic carbocycles. The quantitative estimate of drug-likeness (QED) is 0.224. The fourth-order valence-electron chi connectivity index (χ4n) is 5.49. The Morgan fingerprint density at radius 1 is 0.976 bits per heavy atom. The summed E-state index contributed by atoms with van der Waals surface area (Å²) in [4.78, 5) is 28.7. The molecule has 0 unspecified atom stereocenters. The first-order chi connectivity index (χ1) is 19.6. The number of halogens is 1. The molecule has 7 heteroatoms. The van der Waals surface area contributed by atoms with Gasteiger partial charge in [0.15, 0.2) is 0 Å². The van der Waals surface area contributed by atoms with Crippen LogP contribution >= 0.6 is 0 Å². The second-order valence-corrected chi connectivity index (χ2v) is 11.5. The van der Waals surface area contributed by atoms with Crippen LogP contribution < -0.4 is 5.32 Å². The van der Waals surface area contributed by atoms with Gasteiger partial charge in [-0.15, -0.1) is 0 Å². The molecule has 0 radical (unpaired) electrons. The minimum atomic E-state index is -0.366. The Balaban J connectivity index is 1.75. The molecule has 0 saturated heterocycles. The summed E-state index contributed by atoms with van der Waals surface area (Å²) < 4.78 is 22.3. The summed E-state index contributed by atoms with van der Waals surface area (Å²) in [5.41, 5.74) is 4.88. The summed E-state index contributed by atoms with van der Waals surface area (Å²) in [7, 11) is 1.58. The highest BCUT2D eigenvalue weighted by Crippen LogP contribution is 2.42. The summed E-state index contributed by atoms with van der Waals surface area (Å²) in [6.45, 7) is 12.4. The van der Waals surface area contributed by atoms with E-state index in [0.717, 1.165) is 28.6 Å². The van der Waals surface area contributed by atoms with Crippen LogP contribution in [0, 0.1) is 11.2 Å². The molecule has 5 rings (SSSR count). The first-order valence-corrected chi connectivity index (χ1v) is 14.0. The summed E-state index contributed by atoms with van der Waals surface area (Å²) in [6, 6.07) is 17.6. The Morgan fingerprint density at radius 2 is 1.71 bits per heavy atom. The van der Waals surface area contributed by atoms with E-state index in [-0.39, 0.29) is 23.0 Å². The van der Waals surface area contributed by atoms with Gasteiger partial charge in [-0.25, -0.2) is 4.39 Å². The lowest BCUT2D eigenvalue weighted by Gasteiger charge is -2.29. The molecule has 0 bridgehead atoms. The molecule has 2 amide bonds. The number of rotatable bonds is 7. The number of carbonyl (C=O) groups is 2. The van der Waals surface area contributed by atoms with Crippen molar-refractivity contribution in [3.8, 4) is 22.5 Å². The van der Waals surface area contributed by atoms with Crippen LogP contribution in [-0.4, -0.2) is 41.4 Å². The zero-order valence-electron chi connectivity index (χ0n) is 24.5. The fourth-order valence-corrected chi connectivity index (χ4v) is 5.49. The number of carbonyl (C=O) groups excluding carboxylic acids is 2. The average Bonchev–Trinajstić information content (AvgIpc) is 3.56. The number of hydrogen-bond acceptors (Lipinski definition) is 3. The number of nitrogens with one attached hydrogen (secondary N) is 1. The third-order valence-electron chi connectivity index (χ3n) is 7.35. The summed E-state index contributed by atoms with van der Waals surface area (Å²) in [5, 5.41) is 4.25. The Morgan fingerprint density at radius 3 is 2.34 bits per heavy atom. The molecule has 0 fully saturated rings. The van der Waals surface area contributed by atoms with Gasteiger partial charge in [-0.05, 0) is 73.4 Å². The predicted molar refractivity (Wildman–Crippen MR) is 163 cm³/mol. The molecule has 1 N–H and O–H groups in total. The number of aryl methyl sites for hydroxylation is 1. The van der Waals surface area contributed by atoms with Crippen LogP contribution in [0.4, 0.5) is 4.39 Å². The Labute approximate surface area is 239 Å². The van der Waals surface area contributed by atoms with Crippen molar-refractivity contribution >= 4 is 33.7 Å². The molecule has 3 aromatic carbocycles. The van der Waals surface area contributed by atoms with Crippen LogP contribution in [0.1, 0.15) is 55.3 Å². The highest BCUT2D eigenvalue weighted by Gasteiger charge is 2.26. The fraction of sp³-hybridized carbons (Fsp3) is 0.294. The summed E-state index contributed by atoms with van der Waals surface area (Å²) in [6.07, 6.45) is 2.00. The number of amides is 2. The van der Waals surface area contributed by atoms with Crippen LogP contribution in [0.25, 0.3) is 44.3 Å². The highest BCUT2D eigenvalue weighted by molar-refractivity contribution is 6.19. The molecule has 212 valence electrons. The summed E-state index contributed by atoms with van der Waals surface area (Å²) in [5.74, 6) is -0.296. The zero-order chi connectivity index (χ0) is 29.5. The maximum Gasteiger partial charge on any atom is 0.255 e. The van der Waals surface area contributed by atoms with Crippen LogP contribution in [0.5, 0.6) is 0 Å². The standard InChI is InChI=1S/C34H36FN3O3/c1-7-37-17-16-25-29(37)26(22-10-9-11-23(18-22)33(40)38(8-2)20-34(3,4)5)19-27-28(32(39)36-6)30(41-31(25)27)21-12-14-24(35)15-13-21/h9-19H,7-8,20H2,1-6H3,(H,36,39). The molecule has 2 aromatic heterocycles. The van der Waals surface area contributed by atoms with E-state index >= 15 is 0 Å². The normalized spacial score (nSPS) is 11.8. The van der Waals surface area contributed by atoms with E-state index in [0.29, 0.717) is 46.5 Å². The van der Waals surface area contributed by atoms with Crippen molar-refractivity contribution in [2.24, 2.45) is 5.41 Å². The van der Waals surface area contributed by atoms with Gasteiger partial charge >= 0.3 is 0 Å². The van der Waals surface area contributed by atoms with Crippen molar-refractivity contribution in [1.29, 1.82) is 0 Å². The number of nitrogens with zero attached hydrogens (tertiary/aromatic N) is 2. The molecule has 0 aliphatic heterocycles. The second-order valence-electron chi connectivity index (χ2n) is 11.5. The van der Waals surface area contributed by atoms with E-state index in [1.807, 2.05) is 54.4 Å². The van der Waals surface area contributed by atoms with Gasteiger partial charge in [0.05, 0.1) is 11.1 Å². The predicted octanol–water partition coefficient (Wildman–Crippen LogP) is 7.75. The average molecular weight is 554 g/mol. The van der Waals surface area contributed by atoms with Crippen molar-refractivity contribution in [3.63, 3.8) is 0 Å². The van der Waals surface area contributed by atoms with Crippen LogP contribution in [-0.2, 0) is 6.54 Å². The van der Waals surface area contributed by atoms with Gasteiger partial charge < -0.3 is 19.2 Å². The number of aromatic nitrogens is 1. The Bertz CT molecular complexity index is 1760. The van der Waals surface area contributed by atoms with Crippen LogP contribution in [0.2, 0.25) is 0 Å². The smallest absolute Gasteiger partial charge is 0.255 e.